The van der Waals surface area contributed by atoms with E-state index >= 15 is 0 Å². The van der Waals surface area contributed by atoms with Gasteiger partial charge in [0.2, 0.25) is 15.9 Å². The molecule has 0 bridgehead atoms. The molecule has 0 atom stereocenters. The molecule has 0 aliphatic heterocycles. The van der Waals surface area contributed by atoms with Gasteiger partial charge in [0.1, 0.15) is 0 Å². The highest BCUT2D eigenvalue weighted by Gasteiger charge is 2.08. The van der Waals surface area contributed by atoms with Crippen LogP contribution in [0.25, 0.3) is 6.08 Å². The molecule has 2 N–H and O–H groups in total. The summed E-state index contributed by atoms with van der Waals surface area (Å²) in [5.41, 5.74) is 4.74. The maximum atomic E-state index is 12.0. The Morgan fingerprint density at radius 3 is 2.19 bits per heavy atom. The van der Waals surface area contributed by atoms with E-state index in [0.717, 1.165) is 33.3 Å². The van der Waals surface area contributed by atoms with Crippen LogP contribution in [0.4, 0.5) is 5.69 Å². The minimum atomic E-state index is -3.58. The third-order valence-corrected chi connectivity index (χ3v) is 4.78. The van der Waals surface area contributed by atoms with Crippen LogP contribution in [0.3, 0.4) is 0 Å². The fourth-order valence-corrected chi connectivity index (χ4v) is 3.29. The van der Waals surface area contributed by atoms with Crippen LogP contribution in [-0.2, 0) is 14.8 Å². The van der Waals surface area contributed by atoms with Crippen molar-refractivity contribution in [1.82, 2.24) is 4.72 Å². The molecule has 0 aliphatic carbocycles. The van der Waals surface area contributed by atoms with Crippen LogP contribution in [0.2, 0.25) is 0 Å². The molecule has 0 heterocycles. The number of hydrogen-bond donors (Lipinski definition) is 2. The molecule has 0 aromatic heterocycles. The van der Waals surface area contributed by atoms with E-state index in [2.05, 4.69) is 10.0 Å². The zero-order chi connectivity index (χ0) is 19.2. The Labute approximate surface area is 155 Å². The molecule has 0 aliphatic rings. The molecular formula is C20H24N2O3S. The molecule has 2 rings (SSSR count). The highest BCUT2D eigenvalue weighted by atomic mass is 32.2. The molecule has 0 spiro atoms. The predicted octanol–water partition coefficient (Wildman–Crippen LogP) is 3.53. The average molecular weight is 372 g/mol. The van der Waals surface area contributed by atoms with Crippen LogP contribution in [0.1, 0.15) is 28.7 Å². The molecule has 0 saturated carbocycles. The van der Waals surface area contributed by atoms with Crippen LogP contribution >= 0.6 is 0 Å². The number of carbonyl (C=O) groups is 1. The van der Waals surface area contributed by atoms with Crippen molar-refractivity contribution in [3.05, 3.63) is 70.1 Å². The molecule has 2 aromatic rings. The van der Waals surface area contributed by atoms with E-state index in [1.165, 1.54) is 6.08 Å². The lowest BCUT2D eigenvalue weighted by molar-refractivity contribution is -0.116. The van der Waals surface area contributed by atoms with E-state index < -0.39 is 10.0 Å². The van der Waals surface area contributed by atoms with Gasteiger partial charge >= 0.3 is 0 Å². The summed E-state index contributed by atoms with van der Waals surface area (Å²) in [4.78, 5) is 12.0. The van der Waals surface area contributed by atoms with Crippen molar-refractivity contribution in [3.63, 3.8) is 0 Å². The van der Waals surface area contributed by atoms with Gasteiger partial charge in [-0.05, 0) is 55.7 Å². The molecule has 0 saturated heterocycles. The van der Waals surface area contributed by atoms with E-state index in [4.69, 9.17) is 0 Å². The van der Waals surface area contributed by atoms with Crippen LogP contribution < -0.4 is 10.0 Å². The summed E-state index contributed by atoms with van der Waals surface area (Å²) >= 11 is 0. The number of carbonyl (C=O) groups excluding carboxylic acids is 1. The van der Waals surface area contributed by atoms with Crippen molar-refractivity contribution in [2.45, 2.75) is 27.2 Å². The Balaban J connectivity index is 1.83. The third kappa shape index (κ3) is 6.82. The number of amides is 1. The maximum absolute atomic E-state index is 12.0. The van der Waals surface area contributed by atoms with Gasteiger partial charge in [-0.1, -0.05) is 35.9 Å². The van der Waals surface area contributed by atoms with Gasteiger partial charge in [0, 0.05) is 24.1 Å². The second-order valence-electron chi connectivity index (χ2n) is 6.33. The first-order valence-electron chi connectivity index (χ1n) is 8.36. The SMILES string of the molecule is Cc1ccc(/C=C/S(=O)(=O)NCCC(=O)Nc2cc(C)cc(C)c2)cc1. The lowest BCUT2D eigenvalue weighted by Crippen LogP contribution is -2.26. The summed E-state index contributed by atoms with van der Waals surface area (Å²) in [7, 11) is -3.58. The summed E-state index contributed by atoms with van der Waals surface area (Å²) in [6.07, 6.45) is 1.59. The summed E-state index contributed by atoms with van der Waals surface area (Å²) in [5.74, 6) is -0.236. The second-order valence-corrected chi connectivity index (χ2v) is 7.98. The van der Waals surface area contributed by atoms with Gasteiger partial charge in [-0.15, -0.1) is 0 Å². The van der Waals surface area contributed by atoms with Crippen LogP contribution in [0.15, 0.2) is 47.9 Å². The number of hydrogen-bond acceptors (Lipinski definition) is 3. The van der Waals surface area contributed by atoms with Crippen molar-refractivity contribution in [2.24, 2.45) is 0 Å². The molecule has 2 aromatic carbocycles. The highest BCUT2D eigenvalue weighted by Crippen LogP contribution is 2.13. The molecular weight excluding hydrogens is 348 g/mol. The summed E-state index contributed by atoms with van der Waals surface area (Å²) in [6.45, 7) is 5.92. The van der Waals surface area contributed by atoms with Gasteiger partial charge in [0.05, 0.1) is 0 Å². The Kier molecular flexibility index (Phi) is 6.71. The largest absolute Gasteiger partial charge is 0.326 e. The number of nitrogens with one attached hydrogen (secondary N) is 2. The zero-order valence-corrected chi connectivity index (χ0v) is 16.1. The molecule has 5 nitrogen and oxygen atoms in total. The van der Waals surface area contributed by atoms with Crippen molar-refractivity contribution < 1.29 is 13.2 Å². The van der Waals surface area contributed by atoms with Gasteiger partial charge < -0.3 is 5.32 Å². The molecule has 0 unspecified atom stereocenters. The summed E-state index contributed by atoms with van der Waals surface area (Å²) in [5, 5.41) is 3.89. The first-order valence-corrected chi connectivity index (χ1v) is 9.91. The van der Waals surface area contributed by atoms with E-state index in [9.17, 15) is 13.2 Å². The standard InChI is InChI=1S/C20H24N2O3S/c1-15-4-6-18(7-5-15)9-11-26(24,25)21-10-8-20(23)22-19-13-16(2)12-17(3)14-19/h4-7,9,11-14,21H,8,10H2,1-3H3,(H,22,23)/b11-9+. The Morgan fingerprint density at radius 1 is 0.962 bits per heavy atom. The lowest BCUT2D eigenvalue weighted by Gasteiger charge is -2.08. The van der Waals surface area contributed by atoms with Gasteiger partial charge in [0.25, 0.3) is 0 Å². The summed E-state index contributed by atoms with van der Waals surface area (Å²) < 4.78 is 26.3. The van der Waals surface area contributed by atoms with Crippen molar-refractivity contribution in [1.29, 1.82) is 0 Å². The molecule has 26 heavy (non-hydrogen) atoms. The van der Waals surface area contributed by atoms with Gasteiger partial charge in [-0.25, -0.2) is 13.1 Å². The predicted molar refractivity (Wildman–Crippen MR) is 106 cm³/mol. The number of aryl methyl sites for hydroxylation is 3. The smallest absolute Gasteiger partial charge is 0.233 e. The molecule has 0 radical (unpaired) electrons. The van der Waals surface area contributed by atoms with Gasteiger partial charge in [-0.3, -0.25) is 4.79 Å². The van der Waals surface area contributed by atoms with E-state index in [1.54, 1.807) is 0 Å². The topological polar surface area (TPSA) is 75.3 Å². The van der Waals surface area contributed by atoms with Crippen LogP contribution in [0, 0.1) is 20.8 Å². The Morgan fingerprint density at radius 2 is 1.58 bits per heavy atom. The second kappa shape index (κ2) is 8.78. The van der Waals surface area contributed by atoms with Crippen molar-refractivity contribution >= 4 is 27.7 Å². The van der Waals surface area contributed by atoms with Crippen LogP contribution in [-0.4, -0.2) is 20.9 Å². The van der Waals surface area contributed by atoms with E-state index in [0.29, 0.717) is 0 Å². The molecule has 138 valence electrons. The van der Waals surface area contributed by atoms with Crippen LogP contribution in [0.5, 0.6) is 0 Å². The fraction of sp³-hybridized carbons (Fsp3) is 0.250. The molecule has 6 heteroatoms. The number of anilines is 1. The zero-order valence-electron chi connectivity index (χ0n) is 15.2. The fourth-order valence-electron chi connectivity index (χ4n) is 2.47. The summed E-state index contributed by atoms with van der Waals surface area (Å²) in [6, 6.07) is 13.3. The average Bonchev–Trinajstić information content (AvgIpc) is 2.53. The first kappa shape index (κ1) is 19.9. The number of rotatable bonds is 7. The third-order valence-electron chi connectivity index (χ3n) is 3.68. The van der Waals surface area contributed by atoms with Gasteiger partial charge in [0.15, 0.2) is 0 Å². The van der Waals surface area contributed by atoms with E-state index in [-0.39, 0.29) is 18.9 Å². The number of benzene rings is 2. The first-order chi connectivity index (χ1) is 12.2. The van der Waals surface area contributed by atoms with Crippen molar-refractivity contribution in [3.8, 4) is 0 Å². The Bertz CT molecular complexity index is 881. The highest BCUT2D eigenvalue weighted by molar-refractivity contribution is 7.92. The lowest BCUT2D eigenvalue weighted by atomic mass is 10.1. The Hall–Kier alpha value is -2.44. The number of sulfonamides is 1. The molecule has 0 fully saturated rings. The van der Waals surface area contributed by atoms with E-state index in [1.807, 2.05) is 63.2 Å². The minimum Gasteiger partial charge on any atom is -0.326 e. The quantitative estimate of drug-likeness (QED) is 0.781. The van der Waals surface area contributed by atoms with Gasteiger partial charge in [-0.2, -0.15) is 0 Å². The van der Waals surface area contributed by atoms with Crippen molar-refractivity contribution in [2.75, 3.05) is 11.9 Å². The minimum absolute atomic E-state index is 0.0389. The molecule has 1 amide bonds. The monoisotopic (exact) mass is 372 g/mol. The maximum Gasteiger partial charge on any atom is 0.233 e. The normalized spacial score (nSPS) is 11.7.